The molecular weight excluding hydrogens is 188 g/mol. The van der Waals surface area contributed by atoms with E-state index in [0.717, 1.165) is 0 Å². The van der Waals surface area contributed by atoms with E-state index in [4.69, 9.17) is 4.74 Å². The van der Waals surface area contributed by atoms with Gasteiger partial charge in [0.05, 0.1) is 19.3 Å². The van der Waals surface area contributed by atoms with Gasteiger partial charge in [-0.25, -0.2) is 0 Å². The zero-order chi connectivity index (χ0) is 10.9. The lowest BCUT2D eigenvalue weighted by Crippen LogP contribution is -2.46. The highest BCUT2D eigenvalue weighted by atomic mass is 16.5. The fraction of sp³-hybridized carbons (Fsp3) is 0.556. The number of aliphatic hydroxyl groups excluding tert-OH is 3. The maximum Gasteiger partial charge on any atom is 0.174 e. The molecule has 0 spiro atoms. The summed E-state index contributed by atoms with van der Waals surface area (Å²) in [7, 11) is 0. The summed E-state index contributed by atoms with van der Waals surface area (Å²) < 4.78 is 4.95. The number of rotatable bonds is 1. The maximum absolute atomic E-state index is 9.80. The van der Waals surface area contributed by atoms with Gasteiger partial charge in [-0.05, 0) is 6.92 Å². The highest BCUT2D eigenvalue weighted by Crippen LogP contribution is 2.27. The lowest BCUT2D eigenvalue weighted by molar-refractivity contribution is -0.104. The average molecular weight is 202 g/mol. The van der Waals surface area contributed by atoms with Crippen molar-refractivity contribution in [1.29, 1.82) is 0 Å². The third-order valence-electron chi connectivity index (χ3n) is 2.26. The molecule has 2 atom stereocenters. The van der Waals surface area contributed by atoms with Gasteiger partial charge in [-0.2, -0.15) is 0 Å². The van der Waals surface area contributed by atoms with E-state index < -0.39 is 23.2 Å². The molecule has 1 aliphatic rings. The topological polar surface area (TPSA) is 90.2 Å². The maximum atomic E-state index is 9.80. The first kappa shape index (κ1) is 11.0. The van der Waals surface area contributed by atoms with Crippen molar-refractivity contribution in [2.45, 2.75) is 18.6 Å². The molecule has 1 heterocycles. The first-order valence-corrected chi connectivity index (χ1v) is 4.18. The van der Waals surface area contributed by atoms with Crippen LogP contribution in [0.25, 0.3) is 0 Å². The Hall–Kier alpha value is -1.04. The summed E-state index contributed by atoms with van der Waals surface area (Å²) >= 11 is 0. The summed E-state index contributed by atoms with van der Waals surface area (Å²) in [5, 5.41) is 38.0. The molecule has 80 valence electrons. The molecule has 0 fully saturated rings. The lowest BCUT2D eigenvalue weighted by atomic mass is 9.95. The molecule has 5 nitrogen and oxygen atoms in total. The van der Waals surface area contributed by atoms with E-state index >= 15 is 0 Å². The third-order valence-corrected chi connectivity index (χ3v) is 2.26. The quantitative estimate of drug-likeness (QED) is 0.481. The van der Waals surface area contributed by atoms with Crippen molar-refractivity contribution in [3.63, 3.8) is 0 Å². The van der Waals surface area contributed by atoms with Crippen LogP contribution in [0.15, 0.2) is 23.7 Å². The Morgan fingerprint density at radius 2 is 2.07 bits per heavy atom. The minimum Gasteiger partial charge on any atom is -0.506 e. The normalized spacial score (nSPS) is 31.5. The molecule has 0 radical (unpaired) electrons. The smallest absolute Gasteiger partial charge is 0.174 e. The molecule has 0 amide bonds. The van der Waals surface area contributed by atoms with Gasteiger partial charge in [0.25, 0.3) is 0 Å². The molecule has 14 heavy (non-hydrogen) atoms. The second-order valence-corrected chi connectivity index (χ2v) is 3.39. The van der Waals surface area contributed by atoms with E-state index in [1.807, 2.05) is 0 Å². The average Bonchev–Trinajstić information content (AvgIpc) is 2.21. The minimum atomic E-state index is -1.97. The molecule has 0 aromatic carbocycles. The van der Waals surface area contributed by atoms with Gasteiger partial charge in [-0.15, -0.1) is 0 Å². The summed E-state index contributed by atoms with van der Waals surface area (Å²) in [4.78, 5) is 0. The van der Waals surface area contributed by atoms with Crippen LogP contribution in [-0.4, -0.2) is 45.3 Å². The number of ether oxygens (including phenoxy) is 1. The Bertz CT molecular complexity index is 281. The first-order chi connectivity index (χ1) is 6.39. The summed E-state index contributed by atoms with van der Waals surface area (Å²) in [6, 6.07) is 0. The largest absolute Gasteiger partial charge is 0.506 e. The Morgan fingerprint density at radius 3 is 2.57 bits per heavy atom. The Morgan fingerprint density at radius 1 is 1.50 bits per heavy atom. The van der Waals surface area contributed by atoms with Crippen LogP contribution in [0.5, 0.6) is 0 Å². The molecule has 4 N–H and O–H groups in total. The van der Waals surface area contributed by atoms with E-state index in [2.05, 4.69) is 6.58 Å². The van der Waals surface area contributed by atoms with E-state index in [1.165, 1.54) is 6.92 Å². The summed E-state index contributed by atoms with van der Waals surface area (Å²) in [6.07, 6.45) is -1.25. The van der Waals surface area contributed by atoms with Crippen LogP contribution < -0.4 is 0 Å². The van der Waals surface area contributed by atoms with Crippen LogP contribution >= 0.6 is 0 Å². The molecule has 0 aromatic heterocycles. The second-order valence-electron chi connectivity index (χ2n) is 3.39. The first-order valence-electron chi connectivity index (χ1n) is 4.18. The van der Waals surface area contributed by atoms with Gasteiger partial charge >= 0.3 is 0 Å². The van der Waals surface area contributed by atoms with Crippen LogP contribution in [0.3, 0.4) is 0 Å². The number of hydrogen-bond acceptors (Lipinski definition) is 5. The van der Waals surface area contributed by atoms with Gasteiger partial charge in [0.1, 0.15) is 0 Å². The van der Waals surface area contributed by atoms with Crippen LogP contribution in [0, 0.1) is 0 Å². The molecule has 0 aromatic rings. The monoisotopic (exact) mass is 202 g/mol. The summed E-state index contributed by atoms with van der Waals surface area (Å²) in [5.41, 5.74) is -1.80. The Balaban J connectivity index is 3.15. The van der Waals surface area contributed by atoms with Crippen molar-refractivity contribution in [3.8, 4) is 0 Å². The van der Waals surface area contributed by atoms with Crippen molar-refractivity contribution in [1.82, 2.24) is 0 Å². The second kappa shape index (κ2) is 3.61. The molecule has 0 saturated heterocycles. The molecular formula is C9H14O5. The van der Waals surface area contributed by atoms with Crippen LogP contribution in [0.4, 0.5) is 0 Å². The standard InChI is InChI=1S/C9H14O5/c1-5-3-14-4-9(13,6(2)10)8(12)7(5)11/h6,10-13H,1,3-4H2,2H3. The van der Waals surface area contributed by atoms with Gasteiger partial charge in [-0.1, -0.05) is 6.58 Å². The molecule has 0 aliphatic carbocycles. The van der Waals surface area contributed by atoms with E-state index in [0.29, 0.717) is 0 Å². The third kappa shape index (κ3) is 1.61. The summed E-state index contributed by atoms with van der Waals surface area (Å²) in [6.45, 7) is 4.45. The van der Waals surface area contributed by atoms with Crippen LogP contribution in [0.1, 0.15) is 6.92 Å². The fourth-order valence-corrected chi connectivity index (χ4v) is 1.16. The van der Waals surface area contributed by atoms with E-state index in [9.17, 15) is 20.4 Å². The fourth-order valence-electron chi connectivity index (χ4n) is 1.16. The predicted octanol–water partition coefficient (Wildman–Crippen LogP) is 0.0123. The highest BCUT2D eigenvalue weighted by Gasteiger charge is 2.42. The van der Waals surface area contributed by atoms with Crippen molar-refractivity contribution >= 4 is 0 Å². The lowest BCUT2D eigenvalue weighted by Gasteiger charge is -2.28. The van der Waals surface area contributed by atoms with Crippen molar-refractivity contribution in [3.05, 3.63) is 23.7 Å². The van der Waals surface area contributed by atoms with Crippen LogP contribution in [-0.2, 0) is 4.74 Å². The minimum absolute atomic E-state index is 0.00488. The van der Waals surface area contributed by atoms with Crippen LogP contribution in [0.2, 0.25) is 0 Å². The molecule has 0 saturated carbocycles. The zero-order valence-corrected chi connectivity index (χ0v) is 7.90. The SMILES string of the molecule is C=C1COCC(O)(C(C)O)C(O)=C1O. The Kier molecular flexibility index (Phi) is 2.84. The number of hydrogen-bond donors (Lipinski definition) is 4. The molecule has 1 aliphatic heterocycles. The van der Waals surface area contributed by atoms with Gasteiger partial charge in [0.15, 0.2) is 17.1 Å². The molecule has 0 bridgehead atoms. The summed E-state index contributed by atoms with van der Waals surface area (Å²) in [5.74, 6) is -1.22. The van der Waals surface area contributed by atoms with Gasteiger partial charge < -0.3 is 25.2 Å². The van der Waals surface area contributed by atoms with Gasteiger partial charge in [0, 0.05) is 5.57 Å². The number of aliphatic hydroxyl groups is 4. The van der Waals surface area contributed by atoms with Crippen molar-refractivity contribution in [2.24, 2.45) is 0 Å². The highest BCUT2D eigenvalue weighted by molar-refractivity contribution is 5.31. The van der Waals surface area contributed by atoms with Gasteiger partial charge in [0.2, 0.25) is 0 Å². The molecule has 1 rings (SSSR count). The molecule has 5 heteroatoms. The molecule has 2 unspecified atom stereocenters. The van der Waals surface area contributed by atoms with E-state index in [-0.39, 0.29) is 18.8 Å². The van der Waals surface area contributed by atoms with Gasteiger partial charge in [-0.3, -0.25) is 0 Å². The Labute approximate surface area is 81.6 Å². The van der Waals surface area contributed by atoms with Crippen molar-refractivity contribution < 1.29 is 25.2 Å². The van der Waals surface area contributed by atoms with Crippen molar-refractivity contribution in [2.75, 3.05) is 13.2 Å². The predicted molar refractivity (Wildman–Crippen MR) is 48.9 cm³/mol. The zero-order valence-electron chi connectivity index (χ0n) is 7.90. The van der Waals surface area contributed by atoms with E-state index in [1.54, 1.807) is 0 Å².